The standard InChI is InChI=1S/C15H22N2OS/c1-12-5-7-13(8-6-12)15-16-11-14(18)17(15)9-3-4-10-19-2/h5-8,15-16H,3-4,9-11H2,1-2H3. The molecule has 1 heterocycles. The minimum absolute atomic E-state index is 0.0578. The average Bonchev–Trinajstić information content (AvgIpc) is 2.77. The van der Waals surface area contributed by atoms with Crippen molar-refractivity contribution < 1.29 is 4.79 Å². The number of rotatable bonds is 6. The van der Waals surface area contributed by atoms with Crippen LogP contribution in [0.3, 0.4) is 0 Å². The van der Waals surface area contributed by atoms with Crippen LogP contribution in [0.2, 0.25) is 0 Å². The number of thioether (sulfide) groups is 1. The molecule has 1 unspecified atom stereocenters. The quantitative estimate of drug-likeness (QED) is 0.812. The molecule has 1 aromatic carbocycles. The molecule has 1 aromatic rings. The number of benzene rings is 1. The van der Waals surface area contributed by atoms with Crippen LogP contribution in [0, 0.1) is 6.92 Å². The second kappa shape index (κ2) is 6.96. The monoisotopic (exact) mass is 278 g/mol. The Morgan fingerprint density at radius 1 is 1.32 bits per heavy atom. The molecule has 1 aliphatic heterocycles. The first kappa shape index (κ1) is 14.4. The van der Waals surface area contributed by atoms with Crippen LogP contribution >= 0.6 is 11.8 Å². The van der Waals surface area contributed by atoms with E-state index in [0.717, 1.165) is 13.0 Å². The molecule has 1 fully saturated rings. The van der Waals surface area contributed by atoms with Crippen LogP contribution in [0.25, 0.3) is 0 Å². The van der Waals surface area contributed by atoms with Crippen LogP contribution < -0.4 is 5.32 Å². The summed E-state index contributed by atoms with van der Waals surface area (Å²) in [6.45, 7) is 3.39. The number of nitrogens with zero attached hydrogens (tertiary/aromatic N) is 1. The summed E-state index contributed by atoms with van der Waals surface area (Å²) in [5.74, 6) is 1.39. The molecule has 104 valence electrons. The van der Waals surface area contributed by atoms with E-state index in [1.807, 2.05) is 16.7 Å². The van der Waals surface area contributed by atoms with E-state index in [9.17, 15) is 4.79 Å². The summed E-state index contributed by atoms with van der Waals surface area (Å²) in [6.07, 6.45) is 4.43. The molecule has 19 heavy (non-hydrogen) atoms. The topological polar surface area (TPSA) is 32.3 Å². The fourth-order valence-corrected chi connectivity index (χ4v) is 2.86. The van der Waals surface area contributed by atoms with Crippen LogP contribution in [-0.2, 0) is 4.79 Å². The fraction of sp³-hybridized carbons (Fsp3) is 0.533. The molecule has 3 nitrogen and oxygen atoms in total. The first-order chi connectivity index (χ1) is 9.22. The molecule has 1 aliphatic rings. The van der Waals surface area contributed by atoms with Crippen LogP contribution in [0.4, 0.5) is 0 Å². The van der Waals surface area contributed by atoms with Gasteiger partial charge < -0.3 is 4.90 Å². The Balaban J connectivity index is 1.98. The van der Waals surface area contributed by atoms with Crippen molar-refractivity contribution in [1.29, 1.82) is 0 Å². The van der Waals surface area contributed by atoms with Crippen molar-refractivity contribution in [2.24, 2.45) is 0 Å². The van der Waals surface area contributed by atoms with Gasteiger partial charge in [-0.2, -0.15) is 11.8 Å². The number of carbonyl (C=O) groups excluding carboxylic acids is 1. The summed E-state index contributed by atoms with van der Waals surface area (Å²) in [6, 6.07) is 8.43. The lowest BCUT2D eigenvalue weighted by Gasteiger charge is -2.24. The van der Waals surface area contributed by atoms with Gasteiger partial charge in [-0.05, 0) is 37.3 Å². The number of unbranched alkanes of at least 4 members (excludes halogenated alkanes) is 1. The molecule has 0 aromatic heterocycles. The number of nitrogens with one attached hydrogen (secondary N) is 1. The Hall–Kier alpha value is -1.00. The molecule has 1 atom stereocenters. The van der Waals surface area contributed by atoms with Crippen molar-refractivity contribution in [3.05, 3.63) is 35.4 Å². The highest BCUT2D eigenvalue weighted by Gasteiger charge is 2.30. The Labute approximate surface area is 119 Å². The molecule has 0 aliphatic carbocycles. The molecule has 4 heteroatoms. The van der Waals surface area contributed by atoms with Gasteiger partial charge in [0.1, 0.15) is 6.17 Å². The third-order valence-electron chi connectivity index (χ3n) is 3.47. The zero-order chi connectivity index (χ0) is 13.7. The van der Waals surface area contributed by atoms with E-state index in [1.54, 1.807) is 0 Å². The molecular weight excluding hydrogens is 256 g/mol. The van der Waals surface area contributed by atoms with Gasteiger partial charge in [0.25, 0.3) is 0 Å². The lowest BCUT2D eigenvalue weighted by molar-refractivity contribution is -0.128. The molecule has 1 amide bonds. The normalized spacial score (nSPS) is 19.2. The van der Waals surface area contributed by atoms with Crippen molar-refractivity contribution in [3.63, 3.8) is 0 Å². The van der Waals surface area contributed by atoms with Crippen LogP contribution in [0.15, 0.2) is 24.3 Å². The zero-order valence-electron chi connectivity index (χ0n) is 11.7. The summed E-state index contributed by atoms with van der Waals surface area (Å²) >= 11 is 1.86. The van der Waals surface area contributed by atoms with Crippen molar-refractivity contribution >= 4 is 17.7 Å². The third kappa shape index (κ3) is 3.74. The Morgan fingerprint density at radius 2 is 2.05 bits per heavy atom. The number of carbonyl (C=O) groups is 1. The Bertz CT molecular complexity index is 419. The van der Waals surface area contributed by atoms with Gasteiger partial charge in [-0.3, -0.25) is 10.1 Å². The highest BCUT2D eigenvalue weighted by molar-refractivity contribution is 7.98. The van der Waals surface area contributed by atoms with Gasteiger partial charge in [-0.25, -0.2) is 0 Å². The molecule has 2 rings (SSSR count). The van der Waals surface area contributed by atoms with E-state index in [2.05, 4.69) is 42.8 Å². The number of hydrogen-bond donors (Lipinski definition) is 1. The van der Waals surface area contributed by atoms with Crippen molar-refractivity contribution in [2.75, 3.05) is 25.1 Å². The largest absolute Gasteiger partial charge is 0.322 e. The van der Waals surface area contributed by atoms with Gasteiger partial charge in [0.05, 0.1) is 6.54 Å². The molecule has 1 saturated heterocycles. The van der Waals surface area contributed by atoms with Gasteiger partial charge in [-0.1, -0.05) is 29.8 Å². The van der Waals surface area contributed by atoms with Crippen molar-refractivity contribution in [2.45, 2.75) is 25.9 Å². The first-order valence-corrected chi connectivity index (χ1v) is 8.20. The predicted octanol–water partition coefficient (Wildman–Crippen LogP) is 2.57. The number of hydrogen-bond acceptors (Lipinski definition) is 3. The SMILES string of the molecule is CSCCCCN1C(=O)CNC1c1ccc(C)cc1. The van der Waals surface area contributed by atoms with Gasteiger partial charge in [0.2, 0.25) is 5.91 Å². The maximum absolute atomic E-state index is 11.9. The smallest absolute Gasteiger partial charge is 0.238 e. The zero-order valence-corrected chi connectivity index (χ0v) is 12.5. The predicted molar refractivity (Wildman–Crippen MR) is 81.3 cm³/mol. The highest BCUT2D eigenvalue weighted by Crippen LogP contribution is 2.23. The van der Waals surface area contributed by atoms with Gasteiger partial charge in [-0.15, -0.1) is 0 Å². The summed E-state index contributed by atoms with van der Waals surface area (Å²) in [4.78, 5) is 13.9. The Morgan fingerprint density at radius 3 is 2.74 bits per heavy atom. The summed E-state index contributed by atoms with van der Waals surface area (Å²) in [5, 5.41) is 3.30. The molecular formula is C15H22N2OS. The summed E-state index contributed by atoms with van der Waals surface area (Å²) < 4.78 is 0. The molecule has 0 bridgehead atoms. The van der Waals surface area contributed by atoms with E-state index in [4.69, 9.17) is 0 Å². The third-order valence-corrected chi connectivity index (χ3v) is 4.17. The van der Waals surface area contributed by atoms with Crippen molar-refractivity contribution in [1.82, 2.24) is 10.2 Å². The lowest BCUT2D eigenvalue weighted by atomic mass is 10.1. The van der Waals surface area contributed by atoms with Gasteiger partial charge in [0, 0.05) is 6.54 Å². The minimum atomic E-state index is 0.0578. The molecule has 0 spiro atoms. The molecule has 0 radical (unpaired) electrons. The maximum Gasteiger partial charge on any atom is 0.238 e. The Kier molecular flexibility index (Phi) is 5.28. The van der Waals surface area contributed by atoms with Crippen LogP contribution in [-0.4, -0.2) is 35.9 Å². The van der Waals surface area contributed by atoms with E-state index in [-0.39, 0.29) is 12.1 Å². The minimum Gasteiger partial charge on any atom is -0.322 e. The second-order valence-electron chi connectivity index (χ2n) is 4.98. The first-order valence-electron chi connectivity index (χ1n) is 6.80. The maximum atomic E-state index is 11.9. The van der Waals surface area contributed by atoms with E-state index in [0.29, 0.717) is 6.54 Å². The molecule has 1 N–H and O–H groups in total. The number of aryl methyl sites for hydroxylation is 1. The van der Waals surface area contributed by atoms with Gasteiger partial charge in [0.15, 0.2) is 0 Å². The number of amides is 1. The average molecular weight is 278 g/mol. The van der Waals surface area contributed by atoms with E-state index >= 15 is 0 Å². The van der Waals surface area contributed by atoms with E-state index < -0.39 is 0 Å². The summed E-state index contributed by atoms with van der Waals surface area (Å²) in [7, 11) is 0. The van der Waals surface area contributed by atoms with Gasteiger partial charge >= 0.3 is 0 Å². The van der Waals surface area contributed by atoms with Crippen molar-refractivity contribution in [3.8, 4) is 0 Å². The van der Waals surface area contributed by atoms with Crippen LogP contribution in [0.1, 0.15) is 30.1 Å². The van der Waals surface area contributed by atoms with E-state index in [1.165, 1.54) is 23.3 Å². The highest BCUT2D eigenvalue weighted by atomic mass is 32.2. The molecule has 0 saturated carbocycles. The lowest BCUT2D eigenvalue weighted by Crippen LogP contribution is -2.31. The summed E-state index contributed by atoms with van der Waals surface area (Å²) in [5.41, 5.74) is 2.43. The second-order valence-corrected chi connectivity index (χ2v) is 5.97. The van der Waals surface area contributed by atoms with Crippen LogP contribution in [0.5, 0.6) is 0 Å². The fourth-order valence-electron chi connectivity index (χ4n) is 2.37.